The van der Waals surface area contributed by atoms with E-state index in [4.69, 9.17) is 0 Å². The second-order valence-electron chi connectivity index (χ2n) is 3.04. The van der Waals surface area contributed by atoms with Gasteiger partial charge in [0.2, 0.25) is 10.0 Å². The highest BCUT2D eigenvalue weighted by Crippen LogP contribution is 2.17. The highest BCUT2D eigenvalue weighted by atomic mass is 79.9. The Morgan fingerprint density at radius 3 is 2.67 bits per heavy atom. The molecule has 1 N–H and O–H groups in total. The Labute approximate surface area is 98.0 Å². The average molecular weight is 296 g/mol. The largest absolute Gasteiger partial charge is 0.281 e. The van der Waals surface area contributed by atoms with Crippen LogP contribution in [0, 0.1) is 6.92 Å². The molecule has 1 aromatic heterocycles. The topological polar surface area (TPSA) is 66.1 Å². The molecule has 0 saturated carbocycles. The molecule has 1 aromatic rings. The van der Waals surface area contributed by atoms with Gasteiger partial charge < -0.3 is 0 Å². The maximum Gasteiger partial charge on any atom is 0.246 e. The van der Waals surface area contributed by atoms with Crippen LogP contribution in [0.4, 0.5) is 0 Å². The monoisotopic (exact) mass is 295 g/mol. The molecule has 0 bridgehead atoms. The maximum absolute atomic E-state index is 12.1. The van der Waals surface area contributed by atoms with Gasteiger partial charge in [0, 0.05) is 18.4 Å². The van der Waals surface area contributed by atoms with Crippen LogP contribution in [0.25, 0.3) is 0 Å². The van der Waals surface area contributed by atoms with Gasteiger partial charge in [0.25, 0.3) is 0 Å². The zero-order valence-electron chi connectivity index (χ0n) is 8.70. The summed E-state index contributed by atoms with van der Waals surface area (Å²) >= 11 is 3.24. The predicted molar refractivity (Wildman–Crippen MR) is 61.6 cm³/mol. The van der Waals surface area contributed by atoms with Crippen molar-refractivity contribution in [2.24, 2.45) is 0 Å². The van der Waals surface area contributed by atoms with Crippen molar-refractivity contribution in [3.63, 3.8) is 0 Å². The SMILES string of the molecule is CCN(CCBr)S(=O)(=O)c1cn[nH]c1C. The van der Waals surface area contributed by atoms with E-state index in [1.54, 1.807) is 6.92 Å². The first-order chi connectivity index (χ1) is 7.04. The third-order valence-corrected chi connectivity index (χ3v) is 4.53. The van der Waals surface area contributed by atoms with Gasteiger partial charge in [-0.3, -0.25) is 5.10 Å². The van der Waals surface area contributed by atoms with Gasteiger partial charge in [-0.05, 0) is 6.92 Å². The highest BCUT2D eigenvalue weighted by molar-refractivity contribution is 9.09. The van der Waals surface area contributed by atoms with Crippen molar-refractivity contribution in [2.75, 3.05) is 18.4 Å². The molecule has 1 heterocycles. The van der Waals surface area contributed by atoms with Crippen LogP contribution in [0.5, 0.6) is 0 Å². The van der Waals surface area contributed by atoms with Crippen LogP contribution >= 0.6 is 15.9 Å². The second kappa shape index (κ2) is 5.09. The van der Waals surface area contributed by atoms with Gasteiger partial charge >= 0.3 is 0 Å². The van der Waals surface area contributed by atoms with E-state index in [9.17, 15) is 8.42 Å². The lowest BCUT2D eigenvalue weighted by atomic mass is 10.5. The molecule has 86 valence electrons. The molecule has 0 saturated heterocycles. The fraction of sp³-hybridized carbons (Fsp3) is 0.625. The summed E-state index contributed by atoms with van der Waals surface area (Å²) in [6.45, 7) is 4.43. The van der Waals surface area contributed by atoms with Crippen molar-refractivity contribution in [2.45, 2.75) is 18.7 Å². The van der Waals surface area contributed by atoms with E-state index >= 15 is 0 Å². The lowest BCUT2D eigenvalue weighted by Crippen LogP contribution is -2.32. The number of hydrogen-bond acceptors (Lipinski definition) is 3. The van der Waals surface area contributed by atoms with E-state index < -0.39 is 10.0 Å². The maximum atomic E-state index is 12.1. The standard InChI is InChI=1S/C8H14BrN3O2S/c1-3-12(5-4-9)15(13,14)8-6-10-11-7(8)2/h6H,3-5H2,1-2H3,(H,10,11). The van der Waals surface area contributed by atoms with Crippen LogP contribution in [-0.2, 0) is 10.0 Å². The zero-order valence-corrected chi connectivity index (χ0v) is 11.1. The van der Waals surface area contributed by atoms with E-state index in [1.165, 1.54) is 10.5 Å². The van der Waals surface area contributed by atoms with Crippen molar-refractivity contribution in [1.29, 1.82) is 0 Å². The van der Waals surface area contributed by atoms with Crippen molar-refractivity contribution in [3.05, 3.63) is 11.9 Å². The second-order valence-corrected chi connectivity index (χ2v) is 5.74. The van der Waals surface area contributed by atoms with Crippen molar-refractivity contribution < 1.29 is 8.42 Å². The minimum atomic E-state index is -3.39. The third kappa shape index (κ3) is 2.59. The highest BCUT2D eigenvalue weighted by Gasteiger charge is 2.25. The minimum Gasteiger partial charge on any atom is -0.281 e. The molecule has 0 spiro atoms. The molecule has 0 aliphatic rings. The number of alkyl halides is 1. The number of hydrogen-bond donors (Lipinski definition) is 1. The first-order valence-electron chi connectivity index (χ1n) is 4.60. The molecule has 0 aliphatic heterocycles. The summed E-state index contributed by atoms with van der Waals surface area (Å²) in [5.41, 5.74) is 0.572. The fourth-order valence-corrected chi connectivity index (χ4v) is 3.51. The van der Waals surface area contributed by atoms with Crippen LogP contribution in [0.2, 0.25) is 0 Å². The number of sulfonamides is 1. The van der Waals surface area contributed by atoms with E-state index in [0.717, 1.165) is 0 Å². The van der Waals surface area contributed by atoms with Crippen LogP contribution < -0.4 is 0 Å². The van der Waals surface area contributed by atoms with Gasteiger partial charge in [0.1, 0.15) is 4.90 Å². The molecule has 0 radical (unpaired) electrons. The van der Waals surface area contributed by atoms with E-state index in [2.05, 4.69) is 26.1 Å². The smallest absolute Gasteiger partial charge is 0.246 e. The molecule has 15 heavy (non-hydrogen) atoms. The molecule has 0 fully saturated rings. The summed E-state index contributed by atoms with van der Waals surface area (Å²) in [6.07, 6.45) is 1.35. The molecule has 0 amide bonds. The van der Waals surface area contributed by atoms with Crippen LogP contribution in [0.1, 0.15) is 12.6 Å². The molecular formula is C8H14BrN3O2S. The Morgan fingerprint density at radius 1 is 1.60 bits per heavy atom. The zero-order chi connectivity index (χ0) is 11.5. The number of nitrogens with zero attached hydrogens (tertiary/aromatic N) is 2. The van der Waals surface area contributed by atoms with Crippen LogP contribution in [0.15, 0.2) is 11.1 Å². The summed E-state index contributed by atoms with van der Waals surface area (Å²) in [7, 11) is -3.39. The van der Waals surface area contributed by atoms with Crippen molar-refractivity contribution in [3.8, 4) is 0 Å². The third-order valence-electron chi connectivity index (χ3n) is 2.09. The molecule has 0 aromatic carbocycles. The number of rotatable bonds is 5. The first kappa shape index (κ1) is 12.7. The number of nitrogens with one attached hydrogen (secondary N) is 1. The lowest BCUT2D eigenvalue weighted by molar-refractivity contribution is 0.448. The molecule has 0 atom stereocenters. The van der Waals surface area contributed by atoms with E-state index in [0.29, 0.717) is 24.1 Å². The number of halogens is 1. The van der Waals surface area contributed by atoms with Gasteiger partial charge in [-0.1, -0.05) is 22.9 Å². The van der Waals surface area contributed by atoms with Gasteiger partial charge in [-0.2, -0.15) is 9.40 Å². The number of aromatic nitrogens is 2. The summed E-state index contributed by atoms with van der Waals surface area (Å²) in [5, 5.41) is 6.97. The fourth-order valence-electron chi connectivity index (χ4n) is 1.28. The Morgan fingerprint density at radius 2 is 2.27 bits per heavy atom. The molecule has 0 unspecified atom stereocenters. The summed E-state index contributed by atoms with van der Waals surface area (Å²) in [5.74, 6) is 0. The normalized spacial score (nSPS) is 12.3. The summed E-state index contributed by atoms with van der Waals surface area (Å²) < 4.78 is 25.6. The predicted octanol–water partition coefficient (Wildman–Crippen LogP) is 1.12. The van der Waals surface area contributed by atoms with Crippen molar-refractivity contribution in [1.82, 2.24) is 14.5 Å². The molecular weight excluding hydrogens is 282 g/mol. The van der Waals surface area contributed by atoms with Gasteiger partial charge in [0.15, 0.2) is 0 Å². The molecule has 5 nitrogen and oxygen atoms in total. The van der Waals surface area contributed by atoms with Gasteiger partial charge in [-0.15, -0.1) is 0 Å². The number of aromatic amines is 1. The van der Waals surface area contributed by atoms with Crippen LogP contribution in [0.3, 0.4) is 0 Å². The van der Waals surface area contributed by atoms with Gasteiger partial charge in [0.05, 0.1) is 11.9 Å². The molecule has 7 heteroatoms. The van der Waals surface area contributed by atoms with E-state index in [-0.39, 0.29) is 4.90 Å². The number of H-pyrrole nitrogens is 1. The Bertz CT molecular complexity index is 415. The molecule has 1 rings (SSSR count). The Hall–Kier alpha value is -0.400. The Kier molecular flexibility index (Phi) is 4.30. The first-order valence-corrected chi connectivity index (χ1v) is 7.16. The molecule has 0 aliphatic carbocycles. The summed E-state index contributed by atoms with van der Waals surface area (Å²) in [4.78, 5) is 0.255. The average Bonchev–Trinajstić information content (AvgIpc) is 2.61. The number of aryl methyl sites for hydroxylation is 1. The summed E-state index contributed by atoms with van der Waals surface area (Å²) in [6, 6.07) is 0. The quantitative estimate of drug-likeness (QED) is 0.828. The van der Waals surface area contributed by atoms with Crippen LogP contribution in [-0.4, -0.2) is 41.3 Å². The van der Waals surface area contributed by atoms with Gasteiger partial charge in [-0.25, -0.2) is 8.42 Å². The minimum absolute atomic E-state index is 0.255. The van der Waals surface area contributed by atoms with Crippen molar-refractivity contribution >= 4 is 26.0 Å². The Balaban J connectivity index is 3.06. The van der Waals surface area contributed by atoms with E-state index in [1.807, 2.05) is 6.92 Å². The lowest BCUT2D eigenvalue weighted by Gasteiger charge is -2.18.